The smallest absolute Gasteiger partial charge is 0.122 e. The standard InChI is InChI=1S/C10H12FN/c1-7(11)8-2-3-9-5-12-6-10(9)4-8/h2-4,7,12H,5-6H2,1H3. The first-order valence-electron chi connectivity index (χ1n) is 4.24. The van der Waals surface area contributed by atoms with E-state index in [0.717, 1.165) is 18.7 Å². The minimum Gasteiger partial charge on any atom is -0.309 e. The maximum atomic E-state index is 12.9. The molecule has 1 aliphatic rings. The van der Waals surface area contributed by atoms with Gasteiger partial charge in [0, 0.05) is 13.1 Å². The molecule has 1 nitrogen and oxygen atoms in total. The van der Waals surface area contributed by atoms with Crippen LogP contribution in [0.15, 0.2) is 18.2 Å². The highest BCUT2D eigenvalue weighted by Crippen LogP contribution is 2.22. The molecule has 1 heterocycles. The molecule has 0 saturated carbocycles. The minimum atomic E-state index is -0.851. The Morgan fingerprint density at radius 2 is 2.08 bits per heavy atom. The predicted molar refractivity (Wildman–Crippen MR) is 46.5 cm³/mol. The van der Waals surface area contributed by atoms with Gasteiger partial charge in [-0.15, -0.1) is 0 Å². The summed E-state index contributed by atoms with van der Waals surface area (Å²) in [7, 11) is 0. The Balaban J connectivity index is 2.39. The molecule has 0 fully saturated rings. The van der Waals surface area contributed by atoms with Crippen LogP contribution in [0.4, 0.5) is 4.39 Å². The number of rotatable bonds is 1. The topological polar surface area (TPSA) is 12.0 Å². The van der Waals surface area contributed by atoms with Crippen molar-refractivity contribution in [3.8, 4) is 0 Å². The number of fused-ring (bicyclic) bond motifs is 1. The summed E-state index contributed by atoms with van der Waals surface area (Å²) in [6, 6.07) is 5.84. The third kappa shape index (κ3) is 1.23. The molecule has 0 aromatic heterocycles. The fourth-order valence-corrected chi connectivity index (χ4v) is 1.56. The van der Waals surface area contributed by atoms with Gasteiger partial charge in [0.15, 0.2) is 0 Å². The highest BCUT2D eigenvalue weighted by Gasteiger charge is 2.11. The van der Waals surface area contributed by atoms with E-state index in [9.17, 15) is 4.39 Å². The molecule has 1 aliphatic heterocycles. The van der Waals surface area contributed by atoms with Gasteiger partial charge in [0.05, 0.1) is 0 Å². The molecule has 0 spiro atoms. The van der Waals surface area contributed by atoms with Crippen LogP contribution in [0, 0.1) is 0 Å². The van der Waals surface area contributed by atoms with Crippen molar-refractivity contribution in [2.24, 2.45) is 0 Å². The molecule has 2 heteroatoms. The van der Waals surface area contributed by atoms with Gasteiger partial charge in [-0.1, -0.05) is 18.2 Å². The molecule has 12 heavy (non-hydrogen) atoms. The molecule has 1 atom stereocenters. The van der Waals surface area contributed by atoms with Crippen LogP contribution in [0.2, 0.25) is 0 Å². The van der Waals surface area contributed by atoms with Gasteiger partial charge in [-0.05, 0) is 23.6 Å². The van der Waals surface area contributed by atoms with Crippen molar-refractivity contribution in [2.75, 3.05) is 0 Å². The zero-order valence-corrected chi connectivity index (χ0v) is 7.10. The minimum absolute atomic E-state index is 0.789. The van der Waals surface area contributed by atoms with Crippen molar-refractivity contribution in [1.82, 2.24) is 5.32 Å². The van der Waals surface area contributed by atoms with E-state index in [0.29, 0.717) is 0 Å². The molecule has 1 aromatic carbocycles. The van der Waals surface area contributed by atoms with Crippen molar-refractivity contribution in [2.45, 2.75) is 26.2 Å². The summed E-state index contributed by atoms with van der Waals surface area (Å²) < 4.78 is 12.9. The van der Waals surface area contributed by atoms with Crippen LogP contribution >= 0.6 is 0 Å². The van der Waals surface area contributed by atoms with Crippen LogP contribution in [0.1, 0.15) is 29.8 Å². The predicted octanol–water partition coefficient (Wildman–Crippen LogP) is 2.32. The van der Waals surface area contributed by atoms with E-state index < -0.39 is 6.17 Å². The first-order chi connectivity index (χ1) is 5.77. The van der Waals surface area contributed by atoms with Crippen LogP contribution in [0.3, 0.4) is 0 Å². The largest absolute Gasteiger partial charge is 0.309 e. The lowest BCUT2D eigenvalue weighted by Gasteiger charge is -2.04. The van der Waals surface area contributed by atoms with Crippen molar-refractivity contribution in [1.29, 1.82) is 0 Å². The van der Waals surface area contributed by atoms with Gasteiger partial charge >= 0.3 is 0 Å². The third-order valence-electron chi connectivity index (χ3n) is 2.32. The first-order valence-corrected chi connectivity index (χ1v) is 4.24. The summed E-state index contributed by atoms with van der Waals surface area (Å²) in [5, 5.41) is 3.23. The van der Waals surface area contributed by atoms with E-state index >= 15 is 0 Å². The number of halogens is 1. The lowest BCUT2D eigenvalue weighted by atomic mass is 10.0. The Morgan fingerprint density at radius 1 is 1.33 bits per heavy atom. The Hall–Kier alpha value is -0.890. The van der Waals surface area contributed by atoms with Crippen molar-refractivity contribution in [3.63, 3.8) is 0 Å². The SMILES string of the molecule is CC(F)c1ccc2c(c1)CNC2. The summed E-state index contributed by atoms with van der Waals surface area (Å²) in [4.78, 5) is 0. The van der Waals surface area contributed by atoms with Crippen LogP contribution in [-0.2, 0) is 13.1 Å². The number of nitrogens with one attached hydrogen (secondary N) is 1. The Bertz CT molecular complexity index is 294. The molecule has 64 valence electrons. The number of benzene rings is 1. The summed E-state index contributed by atoms with van der Waals surface area (Å²) in [6.07, 6.45) is -0.851. The number of hydrogen-bond donors (Lipinski definition) is 1. The normalized spacial score (nSPS) is 17.5. The fourth-order valence-electron chi connectivity index (χ4n) is 1.56. The second kappa shape index (κ2) is 2.87. The van der Waals surface area contributed by atoms with Gasteiger partial charge in [-0.2, -0.15) is 0 Å². The van der Waals surface area contributed by atoms with Gasteiger partial charge < -0.3 is 5.32 Å². The van der Waals surface area contributed by atoms with Gasteiger partial charge in [-0.3, -0.25) is 0 Å². The summed E-state index contributed by atoms with van der Waals surface area (Å²) in [6.45, 7) is 3.39. The van der Waals surface area contributed by atoms with E-state index in [4.69, 9.17) is 0 Å². The van der Waals surface area contributed by atoms with Crippen molar-refractivity contribution < 1.29 is 4.39 Å². The van der Waals surface area contributed by atoms with Crippen LogP contribution in [0.5, 0.6) is 0 Å². The van der Waals surface area contributed by atoms with E-state index in [1.165, 1.54) is 11.1 Å². The van der Waals surface area contributed by atoms with E-state index in [2.05, 4.69) is 5.32 Å². The molecule has 0 aliphatic carbocycles. The number of hydrogen-bond acceptors (Lipinski definition) is 1. The van der Waals surface area contributed by atoms with Gasteiger partial charge in [0.2, 0.25) is 0 Å². The Morgan fingerprint density at radius 3 is 2.83 bits per heavy atom. The average molecular weight is 165 g/mol. The summed E-state index contributed by atoms with van der Waals surface area (Å²) >= 11 is 0. The zero-order chi connectivity index (χ0) is 8.55. The molecule has 0 amide bonds. The molecule has 0 saturated heterocycles. The highest BCUT2D eigenvalue weighted by atomic mass is 19.1. The molecule has 1 aromatic rings. The van der Waals surface area contributed by atoms with Gasteiger partial charge in [0.25, 0.3) is 0 Å². The maximum Gasteiger partial charge on any atom is 0.122 e. The molecule has 0 radical (unpaired) electrons. The highest BCUT2D eigenvalue weighted by molar-refractivity contribution is 5.35. The molecular formula is C10H12FN. The van der Waals surface area contributed by atoms with Crippen molar-refractivity contribution in [3.05, 3.63) is 34.9 Å². The lowest BCUT2D eigenvalue weighted by molar-refractivity contribution is 0.374. The van der Waals surface area contributed by atoms with Crippen LogP contribution < -0.4 is 5.32 Å². The summed E-state index contributed by atoms with van der Waals surface area (Å²) in [5.74, 6) is 0. The van der Waals surface area contributed by atoms with Crippen molar-refractivity contribution >= 4 is 0 Å². The second-order valence-corrected chi connectivity index (χ2v) is 3.25. The number of alkyl halides is 1. The summed E-state index contributed by atoms with van der Waals surface area (Å²) in [5.41, 5.74) is 3.34. The monoisotopic (exact) mass is 165 g/mol. The second-order valence-electron chi connectivity index (χ2n) is 3.25. The molecular weight excluding hydrogens is 153 g/mol. The maximum absolute atomic E-state index is 12.9. The average Bonchev–Trinajstić information content (AvgIpc) is 2.49. The Labute approximate surface area is 71.6 Å². The molecule has 0 bridgehead atoms. The zero-order valence-electron chi connectivity index (χ0n) is 7.10. The van der Waals surface area contributed by atoms with Crippen LogP contribution in [-0.4, -0.2) is 0 Å². The quantitative estimate of drug-likeness (QED) is 0.673. The molecule has 1 unspecified atom stereocenters. The van der Waals surface area contributed by atoms with Crippen LogP contribution in [0.25, 0.3) is 0 Å². The molecule has 1 N–H and O–H groups in total. The van der Waals surface area contributed by atoms with E-state index in [-0.39, 0.29) is 0 Å². The van der Waals surface area contributed by atoms with Gasteiger partial charge in [0.1, 0.15) is 6.17 Å². The van der Waals surface area contributed by atoms with E-state index in [1.54, 1.807) is 6.92 Å². The first kappa shape index (κ1) is 7.74. The third-order valence-corrected chi connectivity index (χ3v) is 2.32. The Kier molecular flexibility index (Phi) is 1.85. The molecule has 2 rings (SSSR count). The van der Waals surface area contributed by atoms with Gasteiger partial charge in [-0.25, -0.2) is 4.39 Å². The van der Waals surface area contributed by atoms with E-state index in [1.807, 2.05) is 18.2 Å². The lowest BCUT2D eigenvalue weighted by Crippen LogP contribution is -1.99. The fraction of sp³-hybridized carbons (Fsp3) is 0.400.